The number of hydrogen-bond acceptors (Lipinski definition) is 5. The Bertz CT molecular complexity index is 1130. The Kier molecular flexibility index (Phi) is 6.40. The normalized spacial score (nSPS) is 12.9. The number of hydrogen-bond donors (Lipinski definition) is 2. The first-order valence-electron chi connectivity index (χ1n) is 10.7. The van der Waals surface area contributed by atoms with E-state index in [2.05, 4.69) is 24.2 Å². The van der Waals surface area contributed by atoms with Crippen molar-refractivity contribution in [2.24, 2.45) is 4.99 Å². The van der Waals surface area contributed by atoms with E-state index in [0.29, 0.717) is 24.5 Å². The third kappa shape index (κ3) is 4.75. The van der Waals surface area contributed by atoms with Crippen molar-refractivity contribution in [3.63, 3.8) is 0 Å². The zero-order valence-corrected chi connectivity index (χ0v) is 18.3. The number of nitrogens with zero attached hydrogens (tertiary/aromatic N) is 2. The summed E-state index contributed by atoms with van der Waals surface area (Å²) in [7, 11) is 0. The highest BCUT2D eigenvalue weighted by Crippen LogP contribution is 2.42. The third-order valence-corrected chi connectivity index (χ3v) is 5.43. The van der Waals surface area contributed by atoms with E-state index in [1.807, 2.05) is 71.8 Å². The van der Waals surface area contributed by atoms with Gasteiger partial charge in [-0.2, -0.15) is 0 Å². The molecule has 0 fully saturated rings. The van der Waals surface area contributed by atoms with Crippen LogP contribution in [0.4, 0.5) is 21.9 Å². The van der Waals surface area contributed by atoms with Gasteiger partial charge in [0.1, 0.15) is 6.61 Å². The molecule has 1 aliphatic rings. The Morgan fingerprint density at radius 3 is 2.62 bits per heavy atom. The first kappa shape index (κ1) is 21.4. The fourth-order valence-corrected chi connectivity index (χ4v) is 3.68. The van der Waals surface area contributed by atoms with Gasteiger partial charge < -0.3 is 14.7 Å². The van der Waals surface area contributed by atoms with E-state index in [4.69, 9.17) is 4.74 Å². The Labute approximate surface area is 188 Å². The van der Waals surface area contributed by atoms with Crippen molar-refractivity contribution in [1.82, 2.24) is 0 Å². The summed E-state index contributed by atoms with van der Waals surface area (Å²) in [5.74, 6) is 0.205. The van der Waals surface area contributed by atoms with Gasteiger partial charge in [-0.3, -0.25) is 10.3 Å². The van der Waals surface area contributed by atoms with Crippen LogP contribution in [0.3, 0.4) is 0 Å². The quantitative estimate of drug-likeness (QED) is 0.500. The van der Waals surface area contributed by atoms with Crippen molar-refractivity contribution in [2.75, 3.05) is 23.3 Å². The standard InChI is InChI=1S/C26H27N3O3/c1-18(2)21-14-22(28-26(31)32-17-19-8-4-3-5-9-19)25(30)24(15-21)29-13-12-27-16-20-10-6-7-11-23(20)29/h3-11,14-16,18,30H,12-13,17H2,1-2H3,(H,28,31). The van der Waals surface area contributed by atoms with E-state index >= 15 is 0 Å². The first-order valence-corrected chi connectivity index (χ1v) is 10.7. The van der Waals surface area contributed by atoms with E-state index in [1.54, 1.807) is 6.07 Å². The molecular formula is C26H27N3O3. The molecule has 6 heteroatoms. The number of aliphatic imine (C=N–C) groups is 1. The molecule has 6 nitrogen and oxygen atoms in total. The van der Waals surface area contributed by atoms with E-state index < -0.39 is 6.09 Å². The van der Waals surface area contributed by atoms with Crippen LogP contribution in [0.1, 0.15) is 36.5 Å². The molecule has 4 rings (SSSR count). The molecule has 1 aliphatic heterocycles. The molecule has 0 radical (unpaired) electrons. The maximum Gasteiger partial charge on any atom is 0.412 e. The number of nitrogens with one attached hydrogen (secondary N) is 1. The molecule has 0 atom stereocenters. The number of aromatic hydroxyl groups is 1. The van der Waals surface area contributed by atoms with Gasteiger partial charge in [-0.05, 0) is 35.2 Å². The molecule has 32 heavy (non-hydrogen) atoms. The number of amides is 1. The number of phenolic OH excluding ortho intramolecular Hbond substituents is 1. The molecule has 3 aromatic carbocycles. The molecule has 0 saturated heterocycles. The zero-order valence-electron chi connectivity index (χ0n) is 18.3. The van der Waals surface area contributed by atoms with Gasteiger partial charge in [0.25, 0.3) is 0 Å². The van der Waals surface area contributed by atoms with Crippen molar-refractivity contribution in [3.8, 4) is 5.75 Å². The minimum atomic E-state index is -0.615. The second kappa shape index (κ2) is 9.56. The zero-order chi connectivity index (χ0) is 22.5. The van der Waals surface area contributed by atoms with E-state index in [1.165, 1.54) is 0 Å². The predicted molar refractivity (Wildman–Crippen MR) is 128 cm³/mol. The molecule has 0 aromatic heterocycles. The summed E-state index contributed by atoms with van der Waals surface area (Å²) >= 11 is 0. The summed E-state index contributed by atoms with van der Waals surface area (Å²) in [6, 6.07) is 21.2. The monoisotopic (exact) mass is 429 g/mol. The second-order valence-electron chi connectivity index (χ2n) is 8.02. The molecule has 0 spiro atoms. The lowest BCUT2D eigenvalue weighted by Gasteiger charge is -2.27. The number of phenols is 1. The molecule has 0 aliphatic carbocycles. The van der Waals surface area contributed by atoms with Crippen LogP contribution in [0.25, 0.3) is 0 Å². The minimum absolute atomic E-state index is 0.00256. The lowest BCUT2D eigenvalue weighted by atomic mass is 10.00. The molecule has 0 bridgehead atoms. The van der Waals surface area contributed by atoms with Gasteiger partial charge >= 0.3 is 6.09 Å². The van der Waals surface area contributed by atoms with E-state index in [0.717, 1.165) is 22.4 Å². The Morgan fingerprint density at radius 1 is 1.09 bits per heavy atom. The minimum Gasteiger partial charge on any atom is -0.504 e. The fourth-order valence-electron chi connectivity index (χ4n) is 3.68. The van der Waals surface area contributed by atoms with Crippen LogP contribution >= 0.6 is 0 Å². The SMILES string of the molecule is CC(C)c1cc(NC(=O)OCc2ccccc2)c(O)c(N2CCN=Cc3ccccc32)c1. The highest BCUT2D eigenvalue weighted by Gasteiger charge is 2.22. The fraction of sp³-hybridized carbons (Fsp3) is 0.231. The summed E-state index contributed by atoms with van der Waals surface area (Å²) in [5, 5.41) is 13.9. The van der Waals surface area contributed by atoms with Crippen LogP contribution < -0.4 is 10.2 Å². The summed E-state index contributed by atoms with van der Waals surface area (Å²) in [5.41, 5.74) is 4.79. The average molecular weight is 430 g/mol. The Hall–Kier alpha value is -3.80. The van der Waals surface area contributed by atoms with Crippen LogP contribution in [0.2, 0.25) is 0 Å². The predicted octanol–water partition coefficient (Wildman–Crippen LogP) is 5.83. The lowest BCUT2D eigenvalue weighted by molar-refractivity contribution is 0.155. The van der Waals surface area contributed by atoms with Gasteiger partial charge in [-0.1, -0.05) is 62.4 Å². The number of benzene rings is 3. The van der Waals surface area contributed by atoms with Crippen LogP contribution in [0.5, 0.6) is 5.75 Å². The number of carbonyl (C=O) groups is 1. The van der Waals surface area contributed by atoms with Gasteiger partial charge in [-0.25, -0.2) is 4.79 Å². The largest absolute Gasteiger partial charge is 0.504 e. The summed E-state index contributed by atoms with van der Waals surface area (Å²) in [6.45, 7) is 5.52. The highest BCUT2D eigenvalue weighted by molar-refractivity contribution is 5.94. The number of carbonyl (C=O) groups excluding carboxylic acids is 1. The summed E-state index contributed by atoms with van der Waals surface area (Å²) < 4.78 is 5.35. The number of rotatable bonds is 5. The Balaban J connectivity index is 1.64. The van der Waals surface area contributed by atoms with Crippen LogP contribution in [0, 0.1) is 0 Å². The number of benzodiazepines with no additional fused rings is 1. The van der Waals surface area contributed by atoms with Gasteiger partial charge in [0, 0.05) is 18.3 Å². The molecule has 1 heterocycles. The number of para-hydroxylation sites is 1. The molecule has 0 unspecified atom stereocenters. The molecular weight excluding hydrogens is 402 g/mol. The van der Waals surface area contributed by atoms with Crippen molar-refractivity contribution in [1.29, 1.82) is 0 Å². The highest BCUT2D eigenvalue weighted by atomic mass is 16.5. The molecule has 1 amide bonds. The number of ether oxygens (including phenoxy) is 1. The number of anilines is 3. The van der Waals surface area contributed by atoms with Gasteiger partial charge in [0.05, 0.1) is 23.6 Å². The maximum absolute atomic E-state index is 12.5. The van der Waals surface area contributed by atoms with Gasteiger partial charge in [0.2, 0.25) is 0 Å². The number of fused-ring (bicyclic) bond motifs is 1. The lowest BCUT2D eigenvalue weighted by Crippen LogP contribution is -2.21. The maximum atomic E-state index is 12.5. The molecule has 0 saturated carbocycles. The van der Waals surface area contributed by atoms with Crippen molar-refractivity contribution in [2.45, 2.75) is 26.4 Å². The van der Waals surface area contributed by atoms with Crippen LogP contribution in [-0.4, -0.2) is 30.5 Å². The summed E-state index contributed by atoms with van der Waals surface area (Å²) in [6.07, 6.45) is 1.24. The topological polar surface area (TPSA) is 74.2 Å². The van der Waals surface area contributed by atoms with E-state index in [9.17, 15) is 9.90 Å². The smallest absolute Gasteiger partial charge is 0.412 e. The van der Waals surface area contributed by atoms with Crippen molar-refractivity contribution >= 4 is 29.4 Å². The summed E-state index contributed by atoms with van der Waals surface area (Å²) in [4.78, 5) is 19.0. The van der Waals surface area contributed by atoms with E-state index in [-0.39, 0.29) is 18.3 Å². The third-order valence-electron chi connectivity index (χ3n) is 5.43. The Morgan fingerprint density at radius 2 is 1.84 bits per heavy atom. The average Bonchev–Trinajstić information content (AvgIpc) is 3.02. The first-order chi connectivity index (χ1) is 15.5. The van der Waals surface area contributed by atoms with Crippen molar-refractivity contribution in [3.05, 3.63) is 83.4 Å². The van der Waals surface area contributed by atoms with Crippen LogP contribution in [-0.2, 0) is 11.3 Å². The molecule has 164 valence electrons. The van der Waals surface area contributed by atoms with Crippen molar-refractivity contribution < 1.29 is 14.6 Å². The van der Waals surface area contributed by atoms with Crippen LogP contribution in [0.15, 0.2) is 71.7 Å². The molecule has 2 N–H and O–H groups in total. The van der Waals surface area contributed by atoms with Gasteiger partial charge in [0.15, 0.2) is 5.75 Å². The molecule has 3 aromatic rings. The van der Waals surface area contributed by atoms with Gasteiger partial charge in [-0.15, -0.1) is 0 Å². The second-order valence-corrected chi connectivity index (χ2v) is 8.02.